The van der Waals surface area contributed by atoms with Crippen molar-refractivity contribution in [2.24, 2.45) is 0 Å². The third kappa shape index (κ3) is 3.99. The fourth-order valence-corrected chi connectivity index (χ4v) is 1.45. The van der Waals surface area contributed by atoms with Gasteiger partial charge in [-0.1, -0.05) is 6.92 Å². The summed E-state index contributed by atoms with van der Waals surface area (Å²) in [5.74, 6) is -0.314. The predicted molar refractivity (Wildman–Crippen MR) is 76.0 cm³/mol. The second-order valence-corrected chi connectivity index (χ2v) is 5.24. The topological polar surface area (TPSA) is 67.5 Å². The van der Waals surface area contributed by atoms with E-state index in [2.05, 4.69) is 5.32 Å². The maximum absolute atomic E-state index is 13.7. The van der Waals surface area contributed by atoms with E-state index in [1.807, 2.05) is 20.8 Å². The molecule has 5 heteroatoms. The Labute approximate surface area is 113 Å². The van der Waals surface area contributed by atoms with Gasteiger partial charge < -0.3 is 20.9 Å². The second-order valence-electron chi connectivity index (χ2n) is 5.24. The maximum Gasteiger partial charge on any atom is 0.167 e. The van der Waals surface area contributed by atoms with Crippen LogP contribution in [0.25, 0.3) is 0 Å². The van der Waals surface area contributed by atoms with Gasteiger partial charge in [0, 0.05) is 12.1 Å². The molecule has 0 aliphatic heterocycles. The van der Waals surface area contributed by atoms with Crippen molar-refractivity contribution >= 4 is 11.4 Å². The van der Waals surface area contributed by atoms with Crippen molar-refractivity contribution in [3.8, 4) is 5.75 Å². The standard InChI is InChI=1S/C14H23FN2O2/c1-5-6-19-13-8-12(11(16)7-10(13)15)17-14(3,4)9(2)18/h7-9,17-18H,5-6,16H2,1-4H3. The Kier molecular flexibility index (Phi) is 5.00. The van der Waals surface area contributed by atoms with Gasteiger partial charge in [-0.15, -0.1) is 0 Å². The molecule has 1 unspecified atom stereocenters. The highest BCUT2D eigenvalue weighted by molar-refractivity contribution is 5.69. The molecule has 1 aromatic rings. The Bertz CT molecular complexity index is 434. The number of hydrogen-bond donors (Lipinski definition) is 3. The lowest BCUT2D eigenvalue weighted by molar-refractivity contribution is 0.133. The van der Waals surface area contributed by atoms with Gasteiger partial charge in [0.15, 0.2) is 11.6 Å². The fraction of sp³-hybridized carbons (Fsp3) is 0.571. The van der Waals surface area contributed by atoms with Crippen molar-refractivity contribution in [3.05, 3.63) is 17.9 Å². The van der Waals surface area contributed by atoms with Crippen molar-refractivity contribution < 1.29 is 14.2 Å². The summed E-state index contributed by atoms with van der Waals surface area (Å²) in [5, 5.41) is 12.8. The number of halogens is 1. The molecule has 0 aromatic heterocycles. The Hall–Kier alpha value is -1.49. The maximum atomic E-state index is 13.7. The molecule has 0 spiro atoms. The average Bonchev–Trinajstić information content (AvgIpc) is 2.30. The number of aliphatic hydroxyl groups is 1. The molecular weight excluding hydrogens is 247 g/mol. The van der Waals surface area contributed by atoms with Crippen LogP contribution in [-0.2, 0) is 0 Å². The van der Waals surface area contributed by atoms with Crippen molar-refractivity contribution in [1.29, 1.82) is 0 Å². The summed E-state index contributed by atoms with van der Waals surface area (Å²) in [7, 11) is 0. The number of aliphatic hydroxyl groups excluding tert-OH is 1. The van der Waals surface area contributed by atoms with Crippen LogP contribution in [0.1, 0.15) is 34.1 Å². The van der Waals surface area contributed by atoms with Crippen molar-refractivity contribution in [2.45, 2.75) is 45.8 Å². The molecule has 1 atom stereocenters. The second kappa shape index (κ2) is 6.10. The summed E-state index contributed by atoms with van der Waals surface area (Å²) in [5.41, 5.74) is 6.05. The summed E-state index contributed by atoms with van der Waals surface area (Å²) < 4.78 is 19.0. The lowest BCUT2D eigenvalue weighted by Gasteiger charge is -2.31. The largest absolute Gasteiger partial charge is 0.490 e. The van der Waals surface area contributed by atoms with Crippen LogP contribution in [-0.4, -0.2) is 23.4 Å². The van der Waals surface area contributed by atoms with E-state index >= 15 is 0 Å². The quantitative estimate of drug-likeness (QED) is 0.695. The monoisotopic (exact) mass is 270 g/mol. The molecule has 19 heavy (non-hydrogen) atoms. The Balaban J connectivity index is 3.00. The molecule has 4 nitrogen and oxygen atoms in total. The molecule has 0 heterocycles. The van der Waals surface area contributed by atoms with Gasteiger partial charge in [-0.25, -0.2) is 4.39 Å². The normalized spacial score (nSPS) is 13.2. The molecule has 0 saturated carbocycles. The average molecular weight is 270 g/mol. The lowest BCUT2D eigenvalue weighted by Crippen LogP contribution is -2.42. The zero-order valence-corrected chi connectivity index (χ0v) is 12.0. The molecule has 0 saturated heterocycles. The molecule has 0 aliphatic carbocycles. The van der Waals surface area contributed by atoms with Crippen LogP contribution in [0.2, 0.25) is 0 Å². The third-order valence-corrected chi connectivity index (χ3v) is 3.07. The Morgan fingerprint density at radius 1 is 1.47 bits per heavy atom. The molecule has 0 amide bonds. The summed E-state index contributed by atoms with van der Waals surface area (Å²) in [6, 6.07) is 2.76. The molecular formula is C14H23FN2O2. The first-order valence-electron chi connectivity index (χ1n) is 6.46. The fourth-order valence-electron chi connectivity index (χ4n) is 1.45. The first kappa shape index (κ1) is 15.6. The Morgan fingerprint density at radius 3 is 2.63 bits per heavy atom. The van der Waals surface area contributed by atoms with Gasteiger partial charge in [0.2, 0.25) is 0 Å². The number of nitrogens with two attached hydrogens (primary N) is 1. The number of benzene rings is 1. The lowest BCUT2D eigenvalue weighted by atomic mass is 9.98. The summed E-state index contributed by atoms with van der Waals surface area (Å²) in [4.78, 5) is 0. The predicted octanol–water partition coefficient (Wildman–Crippen LogP) is 2.77. The SMILES string of the molecule is CCCOc1cc(NC(C)(C)C(C)O)c(N)cc1F. The van der Waals surface area contributed by atoms with Gasteiger partial charge in [0.25, 0.3) is 0 Å². The molecule has 1 rings (SSSR count). The van der Waals surface area contributed by atoms with Crippen molar-refractivity contribution in [1.82, 2.24) is 0 Å². The van der Waals surface area contributed by atoms with E-state index < -0.39 is 17.5 Å². The van der Waals surface area contributed by atoms with Crippen LogP contribution in [0.5, 0.6) is 5.75 Å². The molecule has 0 radical (unpaired) electrons. The van der Waals surface area contributed by atoms with E-state index in [1.54, 1.807) is 6.92 Å². The number of nitrogen functional groups attached to an aromatic ring is 1. The minimum absolute atomic E-state index is 0.167. The highest BCUT2D eigenvalue weighted by atomic mass is 19.1. The zero-order valence-electron chi connectivity index (χ0n) is 12.0. The number of rotatable bonds is 6. The van der Waals surface area contributed by atoms with Gasteiger partial charge in [-0.3, -0.25) is 0 Å². The highest BCUT2D eigenvalue weighted by Crippen LogP contribution is 2.31. The zero-order chi connectivity index (χ0) is 14.6. The van der Waals surface area contributed by atoms with Gasteiger partial charge >= 0.3 is 0 Å². The van der Waals surface area contributed by atoms with E-state index in [0.29, 0.717) is 12.3 Å². The van der Waals surface area contributed by atoms with E-state index in [1.165, 1.54) is 12.1 Å². The van der Waals surface area contributed by atoms with Crippen LogP contribution in [0.3, 0.4) is 0 Å². The van der Waals surface area contributed by atoms with Crippen LogP contribution < -0.4 is 15.8 Å². The smallest absolute Gasteiger partial charge is 0.167 e. The molecule has 1 aromatic carbocycles. The number of hydrogen-bond acceptors (Lipinski definition) is 4. The van der Waals surface area contributed by atoms with E-state index in [9.17, 15) is 9.50 Å². The van der Waals surface area contributed by atoms with Gasteiger partial charge in [-0.05, 0) is 27.2 Å². The molecule has 108 valence electrons. The molecule has 4 N–H and O–H groups in total. The minimum atomic E-state index is -0.586. The molecule has 0 bridgehead atoms. The summed E-state index contributed by atoms with van der Waals surface area (Å²) in [6.45, 7) is 7.76. The highest BCUT2D eigenvalue weighted by Gasteiger charge is 2.25. The number of anilines is 2. The van der Waals surface area contributed by atoms with E-state index in [0.717, 1.165) is 6.42 Å². The van der Waals surface area contributed by atoms with Gasteiger partial charge in [0.05, 0.1) is 29.6 Å². The first-order valence-corrected chi connectivity index (χ1v) is 6.46. The number of ether oxygens (including phenoxy) is 1. The number of nitrogens with one attached hydrogen (secondary N) is 1. The van der Waals surface area contributed by atoms with Gasteiger partial charge in [0.1, 0.15) is 0 Å². The third-order valence-electron chi connectivity index (χ3n) is 3.07. The van der Waals surface area contributed by atoms with E-state index in [4.69, 9.17) is 10.5 Å². The Morgan fingerprint density at radius 2 is 2.11 bits per heavy atom. The molecule has 0 aliphatic rings. The van der Waals surface area contributed by atoms with Gasteiger partial charge in [-0.2, -0.15) is 0 Å². The van der Waals surface area contributed by atoms with Crippen molar-refractivity contribution in [3.63, 3.8) is 0 Å². The first-order chi connectivity index (χ1) is 8.77. The van der Waals surface area contributed by atoms with Crippen LogP contribution in [0, 0.1) is 5.82 Å². The van der Waals surface area contributed by atoms with E-state index in [-0.39, 0.29) is 11.4 Å². The van der Waals surface area contributed by atoms with Crippen LogP contribution >= 0.6 is 0 Å². The van der Waals surface area contributed by atoms with Crippen molar-refractivity contribution in [2.75, 3.05) is 17.7 Å². The summed E-state index contributed by atoms with van der Waals surface area (Å²) in [6.07, 6.45) is 0.211. The minimum Gasteiger partial charge on any atom is -0.490 e. The van der Waals surface area contributed by atoms with Crippen LogP contribution in [0.4, 0.5) is 15.8 Å². The van der Waals surface area contributed by atoms with Crippen LogP contribution in [0.15, 0.2) is 12.1 Å². The summed E-state index contributed by atoms with van der Waals surface area (Å²) >= 11 is 0. The molecule has 0 fully saturated rings.